The summed E-state index contributed by atoms with van der Waals surface area (Å²) in [5.41, 5.74) is 0.0417. The van der Waals surface area contributed by atoms with Crippen molar-refractivity contribution >= 4 is 23.2 Å². The molecule has 0 saturated carbocycles. The molecule has 0 spiro atoms. The minimum absolute atomic E-state index is 0.0417. The predicted molar refractivity (Wildman–Crippen MR) is 73.2 cm³/mol. The number of hydrogen-bond acceptors (Lipinski definition) is 1. The maximum absolute atomic E-state index is 4.94. The maximum Gasteiger partial charge on any atom is 0.0967 e. The van der Waals surface area contributed by atoms with Gasteiger partial charge in [-0.15, -0.1) is 23.2 Å². The zero-order valence-corrected chi connectivity index (χ0v) is 12.7. The van der Waals surface area contributed by atoms with Crippen LogP contribution in [0.1, 0.15) is 60.3 Å². The second kappa shape index (κ2) is 17.0. The van der Waals surface area contributed by atoms with Gasteiger partial charge in [0.15, 0.2) is 0 Å². The van der Waals surface area contributed by atoms with Crippen molar-refractivity contribution < 1.29 is 4.74 Å². The average molecular weight is 259 g/mol. The number of methoxy groups -OCH3 is 1. The van der Waals surface area contributed by atoms with Crippen LogP contribution in [0, 0.1) is 0 Å². The quantitative estimate of drug-likeness (QED) is 0.484. The van der Waals surface area contributed by atoms with E-state index >= 15 is 0 Å². The molecule has 3 heteroatoms. The molecule has 0 fully saturated rings. The highest BCUT2D eigenvalue weighted by Crippen LogP contribution is 2.02. The van der Waals surface area contributed by atoms with Crippen molar-refractivity contribution in [2.75, 3.05) is 12.4 Å². The fourth-order valence-corrected chi connectivity index (χ4v) is 0.500. The van der Waals surface area contributed by atoms with Crippen LogP contribution in [0.2, 0.25) is 0 Å². The predicted octanol–water partition coefficient (Wildman–Crippen LogP) is 5.44. The SMILES string of the molecule is CCCCCC.COC(C)(C)C.ClCCl. The summed E-state index contributed by atoms with van der Waals surface area (Å²) in [6.07, 6.45) is 5.54. The lowest BCUT2D eigenvalue weighted by molar-refractivity contribution is 0.0397. The molecule has 0 radical (unpaired) electrons. The smallest absolute Gasteiger partial charge is 0.0967 e. The maximum atomic E-state index is 4.94. The molecule has 0 aromatic heterocycles. The number of halogens is 2. The highest BCUT2D eigenvalue weighted by Gasteiger charge is 2.03. The summed E-state index contributed by atoms with van der Waals surface area (Å²) >= 11 is 9.53. The van der Waals surface area contributed by atoms with Crippen molar-refractivity contribution in [2.24, 2.45) is 0 Å². The number of alkyl halides is 2. The van der Waals surface area contributed by atoms with E-state index in [0.717, 1.165) is 0 Å². The molecule has 0 aliphatic rings. The van der Waals surface area contributed by atoms with Crippen LogP contribution in [0.3, 0.4) is 0 Å². The second-order valence-electron chi connectivity index (χ2n) is 4.12. The van der Waals surface area contributed by atoms with E-state index in [2.05, 4.69) is 13.8 Å². The topological polar surface area (TPSA) is 9.23 Å². The van der Waals surface area contributed by atoms with Gasteiger partial charge in [0.25, 0.3) is 0 Å². The Hall–Kier alpha value is 0.540. The largest absolute Gasteiger partial charge is 0.379 e. The highest BCUT2D eigenvalue weighted by molar-refractivity contribution is 6.40. The van der Waals surface area contributed by atoms with E-state index in [4.69, 9.17) is 27.9 Å². The Bertz CT molecular complexity index is 86.1. The van der Waals surface area contributed by atoms with E-state index in [1.165, 1.54) is 25.7 Å². The molecule has 15 heavy (non-hydrogen) atoms. The van der Waals surface area contributed by atoms with Gasteiger partial charge in [0, 0.05) is 7.11 Å². The molecule has 0 unspecified atom stereocenters. The van der Waals surface area contributed by atoms with E-state index in [0.29, 0.717) is 0 Å². The number of rotatable bonds is 3. The van der Waals surface area contributed by atoms with Crippen LogP contribution in [0.15, 0.2) is 0 Å². The normalized spacial score (nSPS) is 9.60. The molecule has 0 bridgehead atoms. The van der Waals surface area contributed by atoms with Crippen molar-refractivity contribution in [3.8, 4) is 0 Å². The molecule has 0 rings (SSSR count). The van der Waals surface area contributed by atoms with Crippen LogP contribution in [-0.4, -0.2) is 18.1 Å². The van der Waals surface area contributed by atoms with Gasteiger partial charge in [0.05, 0.1) is 10.9 Å². The van der Waals surface area contributed by atoms with Crippen LogP contribution in [0.5, 0.6) is 0 Å². The van der Waals surface area contributed by atoms with Crippen molar-refractivity contribution in [2.45, 2.75) is 65.9 Å². The van der Waals surface area contributed by atoms with Gasteiger partial charge in [-0.25, -0.2) is 0 Å². The Morgan fingerprint density at radius 3 is 1.20 bits per heavy atom. The minimum atomic E-state index is 0.0417. The fourth-order valence-electron chi connectivity index (χ4n) is 0.500. The zero-order valence-electron chi connectivity index (χ0n) is 11.2. The Labute approximate surface area is 106 Å². The Morgan fingerprint density at radius 2 is 1.13 bits per heavy atom. The van der Waals surface area contributed by atoms with Gasteiger partial charge in [-0.05, 0) is 20.8 Å². The van der Waals surface area contributed by atoms with E-state index in [-0.39, 0.29) is 10.9 Å². The zero-order chi connectivity index (χ0) is 12.7. The molecule has 0 saturated heterocycles. The Balaban J connectivity index is -0.000000153. The summed E-state index contributed by atoms with van der Waals surface area (Å²) in [6, 6.07) is 0. The fraction of sp³-hybridized carbons (Fsp3) is 1.00. The summed E-state index contributed by atoms with van der Waals surface area (Å²) < 4.78 is 4.94. The van der Waals surface area contributed by atoms with E-state index < -0.39 is 0 Å². The molecule has 0 N–H and O–H groups in total. The summed E-state index contributed by atoms with van der Waals surface area (Å²) in [5, 5.41) is 0.194. The average Bonchev–Trinajstić information content (AvgIpc) is 2.16. The third kappa shape index (κ3) is 53.5. The van der Waals surface area contributed by atoms with Gasteiger partial charge in [-0.2, -0.15) is 0 Å². The monoisotopic (exact) mass is 258 g/mol. The molecular weight excluding hydrogens is 231 g/mol. The lowest BCUT2D eigenvalue weighted by atomic mass is 10.2. The standard InChI is InChI=1S/C6H14.C5H12O.CH2Cl2/c1-3-5-6-4-2;1-5(2,3)6-4;2-1-3/h3-6H2,1-2H3;1-4H3;1H2. The minimum Gasteiger partial charge on any atom is -0.379 e. The lowest BCUT2D eigenvalue weighted by Gasteiger charge is -2.14. The van der Waals surface area contributed by atoms with Crippen LogP contribution in [0.25, 0.3) is 0 Å². The van der Waals surface area contributed by atoms with Gasteiger partial charge < -0.3 is 4.74 Å². The van der Waals surface area contributed by atoms with Gasteiger partial charge in [0.2, 0.25) is 0 Å². The lowest BCUT2D eigenvalue weighted by Crippen LogP contribution is -2.15. The number of ether oxygens (including phenoxy) is 1. The van der Waals surface area contributed by atoms with Crippen LogP contribution in [0.4, 0.5) is 0 Å². The summed E-state index contributed by atoms with van der Waals surface area (Å²) in [7, 11) is 1.71. The first-order valence-corrected chi connectivity index (χ1v) is 6.63. The van der Waals surface area contributed by atoms with E-state index in [9.17, 15) is 0 Å². The number of hydrogen-bond donors (Lipinski definition) is 0. The molecule has 0 heterocycles. The third-order valence-corrected chi connectivity index (χ3v) is 1.57. The first-order chi connectivity index (χ1) is 6.89. The molecular formula is C12H28Cl2O. The third-order valence-electron chi connectivity index (χ3n) is 1.57. The summed E-state index contributed by atoms with van der Waals surface area (Å²) in [4.78, 5) is 0. The molecule has 0 aromatic carbocycles. The van der Waals surface area contributed by atoms with Crippen molar-refractivity contribution in [1.82, 2.24) is 0 Å². The molecule has 96 valence electrons. The first kappa shape index (κ1) is 20.9. The van der Waals surface area contributed by atoms with Crippen LogP contribution >= 0.6 is 23.2 Å². The van der Waals surface area contributed by atoms with Gasteiger partial charge in [0.1, 0.15) is 0 Å². The molecule has 0 aliphatic carbocycles. The van der Waals surface area contributed by atoms with Crippen molar-refractivity contribution in [3.05, 3.63) is 0 Å². The van der Waals surface area contributed by atoms with Crippen molar-refractivity contribution in [1.29, 1.82) is 0 Å². The molecule has 0 aromatic rings. The Kier molecular flexibility index (Phi) is 23.6. The van der Waals surface area contributed by atoms with Gasteiger partial charge in [-0.1, -0.05) is 39.5 Å². The second-order valence-corrected chi connectivity index (χ2v) is 4.93. The summed E-state index contributed by atoms with van der Waals surface area (Å²) in [5.74, 6) is 0. The molecule has 0 amide bonds. The molecule has 1 nitrogen and oxygen atoms in total. The van der Waals surface area contributed by atoms with Crippen molar-refractivity contribution in [3.63, 3.8) is 0 Å². The summed E-state index contributed by atoms with van der Waals surface area (Å²) in [6.45, 7) is 10.5. The van der Waals surface area contributed by atoms with E-state index in [1.807, 2.05) is 20.8 Å². The van der Waals surface area contributed by atoms with E-state index in [1.54, 1.807) is 7.11 Å². The number of unbranched alkanes of at least 4 members (excludes halogenated alkanes) is 3. The first-order valence-electron chi connectivity index (χ1n) is 5.56. The van der Waals surface area contributed by atoms with Gasteiger partial charge in [-0.3, -0.25) is 0 Å². The Morgan fingerprint density at radius 1 is 0.933 bits per heavy atom. The van der Waals surface area contributed by atoms with Crippen LogP contribution < -0.4 is 0 Å². The molecule has 0 aliphatic heterocycles. The van der Waals surface area contributed by atoms with Gasteiger partial charge >= 0.3 is 0 Å². The van der Waals surface area contributed by atoms with Crippen LogP contribution in [-0.2, 0) is 4.74 Å². The molecule has 0 atom stereocenters. The highest BCUT2D eigenvalue weighted by atomic mass is 35.5.